The van der Waals surface area contributed by atoms with Gasteiger partial charge in [-0.25, -0.2) is 9.98 Å². The third-order valence-electron chi connectivity index (χ3n) is 10.4. The Morgan fingerprint density at radius 1 is 0.389 bits per heavy atom. The summed E-state index contributed by atoms with van der Waals surface area (Å²) in [5.41, 5.74) is 13.7. The zero-order chi connectivity index (χ0) is 35.8. The molecule has 0 fully saturated rings. The molecule has 9 aromatic rings. The average Bonchev–Trinajstić information content (AvgIpc) is 3.48. The third-order valence-corrected chi connectivity index (χ3v) is 10.4. The maximum absolute atomic E-state index is 6.48. The fraction of sp³-hybridized carbons (Fsp3) is 0.0196. The second kappa shape index (κ2) is 13.5. The molecule has 10 rings (SSSR count). The van der Waals surface area contributed by atoms with E-state index < -0.39 is 0 Å². The molecule has 1 aromatic heterocycles. The third kappa shape index (κ3) is 5.82. The van der Waals surface area contributed by atoms with Gasteiger partial charge < -0.3 is 4.42 Å². The van der Waals surface area contributed by atoms with Crippen LogP contribution in [0, 0.1) is 0 Å². The van der Waals surface area contributed by atoms with Crippen molar-refractivity contribution >= 4 is 50.0 Å². The molecule has 0 saturated carbocycles. The van der Waals surface area contributed by atoms with E-state index in [1.807, 2.05) is 24.3 Å². The number of hydrogen-bond donors (Lipinski definition) is 0. The van der Waals surface area contributed by atoms with E-state index in [0.29, 0.717) is 12.3 Å². The molecule has 0 unspecified atom stereocenters. The topological polar surface area (TPSA) is 37.9 Å². The van der Waals surface area contributed by atoms with E-state index in [-0.39, 0.29) is 0 Å². The molecule has 1 aliphatic heterocycles. The minimum atomic E-state index is 0.661. The lowest BCUT2D eigenvalue weighted by atomic mass is 9.95. The number of aliphatic imine (C=N–C) groups is 2. The van der Waals surface area contributed by atoms with Crippen molar-refractivity contribution in [2.24, 2.45) is 9.98 Å². The van der Waals surface area contributed by atoms with Crippen LogP contribution in [0.2, 0.25) is 0 Å². The van der Waals surface area contributed by atoms with Crippen LogP contribution in [-0.4, -0.2) is 11.5 Å². The Hall–Kier alpha value is -7.10. The van der Waals surface area contributed by atoms with Crippen molar-refractivity contribution in [3.63, 3.8) is 0 Å². The normalized spacial score (nSPS) is 13.1. The molecule has 0 bridgehead atoms. The standard InChI is InChI=1S/C51H34N2O/c1-3-11-34(12-4-1)35-23-27-40(28-24-35)47-31-30-46(39-14-5-2-6-15-39)52-51(53-47)44-19-10-20-49-50(44)45-33-41(29-32-48(45)54-49)36-21-25-38(26-22-36)43-18-9-16-37-13-7-8-17-42(37)43/h1-29,31-33H,30H2. The highest BCUT2D eigenvalue weighted by atomic mass is 16.3. The molecule has 0 saturated heterocycles. The van der Waals surface area contributed by atoms with Crippen LogP contribution in [0.15, 0.2) is 209 Å². The molecule has 3 nitrogen and oxygen atoms in total. The number of allylic oxidation sites excluding steroid dienone is 1. The molecule has 0 amide bonds. The molecule has 0 spiro atoms. The van der Waals surface area contributed by atoms with Crippen LogP contribution in [0.25, 0.3) is 71.8 Å². The van der Waals surface area contributed by atoms with Crippen LogP contribution >= 0.6 is 0 Å². The van der Waals surface area contributed by atoms with Crippen molar-refractivity contribution in [3.05, 3.63) is 211 Å². The number of rotatable bonds is 6. The Balaban J connectivity index is 1.07. The first kappa shape index (κ1) is 31.6. The van der Waals surface area contributed by atoms with E-state index in [1.54, 1.807) is 0 Å². The van der Waals surface area contributed by atoms with Gasteiger partial charge in [0.1, 0.15) is 11.2 Å². The van der Waals surface area contributed by atoms with Crippen LogP contribution < -0.4 is 0 Å². The SMILES string of the molecule is C1=C(c2ccc(-c3ccccc3)cc2)N=C(c2cccc3oc4ccc(-c5ccc(-c6cccc7ccccc67)cc5)cc4c23)N=C(c2ccccc2)C1. The van der Waals surface area contributed by atoms with Crippen molar-refractivity contribution in [2.45, 2.75) is 6.42 Å². The van der Waals surface area contributed by atoms with Gasteiger partial charge >= 0.3 is 0 Å². The number of fused-ring (bicyclic) bond motifs is 4. The summed E-state index contributed by atoms with van der Waals surface area (Å²) in [6, 6.07) is 66.1. The van der Waals surface area contributed by atoms with Gasteiger partial charge in [0, 0.05) is 22.8 Å². The van der Waals surface area contributed by atoms with Gasteiger partial charge in [-0.1, -0.05) is 176 Å². The minimum Gasteiger partial charge on any atom is -0.456 e. The lowest BCUT2D eigenvalue weighted by Crippen LogP contribution is -2.05. The monoisotopic (exact) mass is 690 g/mol. The second-order valence-electron chi connectivity index (χ2n) is 13.7. The Morgan fingerprint density at radius 3 is 1.78 bits per heavy atom. The number of benzene rings is 8. The Kier molecular flexibility index (Phi) is 7.88. The van der Waals surface area contributed by atoms with Crippen LogP contribution in [0.3, 0.4) is 0 Å². The molecule has 0 atom stereocenters. The summed E-state index contributed by atoms with van der Waals surface area (Å²) < 4.78 is 6.48. The van der Waals surface area contributed by atoms with E-state index >= 15 is 0 Å². The van der Waals surface area contributed by atoms with Crippen molar-refractivity contribution in [2.75, 3.05) is 0 Å². The summed E-state index contributed by atoms with van der Waals surface area (Å²) in [5, 5.41) is 4.55. The van der Waals surface area contributed by atoms with E-state index in [1.165, 1.54) is 33.0 Å². The maximum atomic E-state index is 6.48. The van der Waals surface area contributed by atoms with Gasteiger partial charge in [-0.05, 0) is 73.5 Å². The van der Waals surface area contributed by atoms with E-state index in [4.69, 9.17) is 14.4 Å². The van der Waals surface area contributed by atoms with Crippen LogP contribution in [0.1, 0.15) is 23.1 Å². The Bertz CT molecular complexity index is 2910. The molecular formula is C51H34N2O. The quantitative estimate of drug-likeness (QED) is 0.171. The number of furan rings is 1. The number of nitrogens with zero attached hydrogens (tertiary/aromatic N) is 2. The molecule has 0 N–H and O–H groups in total. The van der Waals surface area contributed by atoms with Gasteiger partial charge in [-0.2, -0.15) is 0 Å². The summed E-state index contributed by atoms with van der Waals surface area (Å²) in [5.74, 6) is 0.669. The Labute approximate surface area is 313 Å². The smallest absolute Gasteiger partial charge is 0.160 e. The average molecular weight is 691 g/mol. The van der Waals surface area contributed by atoms with Crippen molar-refractivity contribution in [3.8, 4) is 33.4 Å². The van der Waals surface area contributed by atoms with Crippen molar-refractivity contribution in [1.29, 1.82) is 0 Å². The maximum Gasteiger partial charge on any atom is 0.160 e. The van der Waals surface area contributed by atoms with Crippen molar-refractivity contribution in [1.82, 2.24) is 0 Å². The first-order valence-corrected chi connectivity index (χ1v) is 18.4. The first-order chi connectivity index (χ1) is 26.7. The molecule has 0 aliphatic carbocycles. The highest BCUT2D eigenvalue weighted by molar-refractivity contribution is 6.23. The highest BCUT2D eigenvalue weighted by Crippen LogP contribution is 2.37. The molecule has 0 radical (unpaired) electrons. The lowest BCUT2D eigenvalue weighted by molar-refractivity contribution is 0.669. The van der Waals surface area contributed by atoms with Gasteiger partial charge in [0.25, 0.3) is 0 Å². The predicted octanol–water partition coefficient (Wildman–Crippen LogP) is 13.4. The molecule has 1 aliphatic rings. The van der Waals surface area contributed by atoms with Crippen LogP contribution in [0.4, 0.5) is 0 Å². The van der Waals surface area contributed by atoms with Crippen LogP contribution in [-0.2, 0) is 0 Å². The summed E-state index contributed by atoms with van der Waals surface area (Å²) in [7, 11) is 0. The van der Waals surface area contributed by atoms with Gasteiger partial charge in [0.05, 0.1) is 11.4 Å². The molecule has 254 valence electrons. The van der Waals surface area contributed by atoms with Gasteiger partial charge in [-0.3, -0.25) is 0 Å². The van der Waals surface area contributed by atoms with Crippen LogP contribution in [0.5, 0.6) is 0 Å². The molecule has 8 aromatic carbocycles. The van der Waals surface area contributed by atoms with E-state index in [0.717, 1.165) is 61.2 Å². The Morgan fingerprint density at radius 2 is 0.981 bits per heavy atom. The number of amidine groups is 1. The van der Waals surface area contributed by atoms with E-state index in [9.17, 15) is 0 Å². The molecule has 54 heavy (non-hydrogen) atoms. The summed E-state index contributed by atoms with van der Waals surface area (Å²) >= 11 is 0. The summed E-state index contributed by atoms with van der Waals surface area (Å²) in [6.07, 6.45) is 2.86. The molecule has 2 heterocycles. The molecule has 3 heteroatoms. The first-order valence-electron chi connectivity index (χ1n) is 18.4. The fourth-order valence-corrected chi connectivity index (χ4v) is 7.64. The summed E-state index contributed by atoms with van der Waals surface area (Å²) in [6.45, 7) is 0. The van der Waals surface area contributed by atoms with Gasteiger partial charge in [0.2, 0.25) is 0 Å². The van der Waals surface area contributed by atoms with E-state index in [2.05, 4.69) is 170 Å². The second-order valence-corrected chi connectivity index (χ2v) is 13.7. The zero-order valence-corrected chi connectivity index (χ0v) is 29.5. The van der Waals surface area contributed by atoms with Gasteiger partial charge in [-0.15, -0.1) is 0 Å². The largest absolute Gasteiger partial charge is 0.456 e. The predicted molar refractivity (Wildman–Crippen MR) is 226 cm³/mol. The van der Waals surface area contributed by atoms with Gasteiger partial charge in [0.15, 0.2) is 5.84 Å². The highest BCUT2D eigenvalue weighted by Gasteiger charge is 2.19. The zero-order valence-electron chi connectivity index (χ0n) is 29.5. The minimum absolute atomic E-state index is 0.661. The fourth-order valence-electron chi connectivity index (χ4n) is 7.64. The number of hydrogen-bond acceptors (Lipinski definition) is 3. The summed E-state index contributed by atoms with van der Waals surface area (Å²) in [4.78, 5) is 10.6. The molecular weight excluding hydrogens is 657 g/mol. The lowest BCUT2D eigenvalue weighted by Gasteiger charge is -2.09. The van der Waals surface area contributed by atoms with Crippen molar-refractivity contribution < 1.29 is 4.42 Å².